The zero-order valence-corrected chi connectivity index (χ0v) is 19.1. The zero-order valence-electron chi connectivity index (χ0n) is 18.3. The maximum absolute atomic E-state index is 14.2. The number of rotatable bonds is 8. The Labute approximate surface area is 197 Å². The number of anilines is 2. The van der Waals surface area contributed by atoms with Crippen LogP contribution in [0.3, 0.4) is 0 Å². The molecule has 9 heteroatoms. The molecule has 4 rings (SSSR count). The van der Waals surface area contributed by atoms with E-state index in [0.29, 0.717) is 24.3 Å². The summed E-state index contributed by atoms with van der Waals surface area (Å²) >= 11 is 0. The van der Waals surface area contributed by atoms with Gasteiger partial charge in [-0.15, -0.1) is 0 Å². The summed E-state index contributed by atoms with van der Waals surface area (Å²) < 4.78 is 42.3. The number of nitrogens with zero attached hydrogens (tertiary/aromatic N) is 1. The second kappa shape index (κ2) is 10.1. The van der Waals surface area contributed by atoms with Crippen LogP contribution in [0.4, 0.5) is 15.8 Å². The molecule has 1 saturated heterocycles. The number of sulfonamides is 1. The first kappa shape index (κ1) is 23.6. The minimum absolute atomic E-state index is 0.0167. The van der Waals surface area contributed by atoms with Crippen molar-refractivity contribution in [1.29, 1.82) is 0 Å². The molecule has 0 aliphatic carbocycles. The standard InChI is InChI=1S/C25H24FN3O4S/c26-21-12-4-5-13-23(21)34(32,33)28-22(16-18-8-2-1-3-9-18)25(31)27-19-10-6-11-20(17-19)29-15-7-14-24(29)30/h1-6,8-13,17,22,28H,7,14-16H2,(H,27,31). The average molecular weight is 482 g/mol. The van der Waals surface area contributed by atoms with Gasteiger partial charge in [-0.05, 0) is 48.7 Å². The van der Waals surface area contributed by atoms with Gasteiger partial charge in [-0.1, -0.05) is 48.5 Å². The van der Waals surface area contributed by atoms with E-state index < -0.39 is 32.7 Å². The van der Waals surface area contributed by atoms with Crippen molar-refractivity contribution in [2.45, 2.75) is 30.2 Å². The van der Waals surface area contributed by atoms with Crippen LogP contribution in [0.25, 0.3) is 0 Å². The number of carbonyl (C=O) groups excluding carboxylic acids is 2. The third-order valence-electron chi connectivity index (χ3n) is 5.52. The molecule has 7 nitrogen and oxygen atoms in total. The van der Waals surface area contributed by atoms with Crippen molar-refractivity contribution in [3.8, 4) is 0 Å². The number of nitrogens with one attached hydrogen (secondary N) is 2. The molecular formula is C25H24FN3O4S. The lowest BCUT2D eigenvalue weighted by Gasteiger charge is -2.20. The summed E-state index contributed by atoms with van der Waals surface area (Å²) in [7, 11) is -4.31. The van der Waals surface area contributed by atoms with E-state index in [4.69, 9.17) is 0 Å². The zero-order chi connectivity index (χ0) is 24.1. The van der Waals surface area contributed by atoms with Crippen LogP contribution >= 0.6 is 0 Å². The summed E-state index contributed by atoms with van der Waals surface area (Å²) in [5.41, 5.74) is 1.81. The quantitative estimate of drug-likeness (QED) is 0.515. The van der Waals surface area contributed by atoms with Crippen molar-refractivity contribution in [2.75, 3.05) is 16.8 Å². The van der Waals surface area contributed by atoms with Crippen molar-refractivity contribution >= 4 is 33.2 Å². The van der Waals surface area contributed by atoms with Gasteiger partial charge in [0, 0.05) is 24.3 Å². The van der Waals surface area contributed by atoms with Gasteiger partial charge < -0.3 is 10.2 Å². The molecule has 2 N–H and O–H groups in total. The molecule has 1 aliphatic rings. The molecule has 1 heterocycles. The highest BCUT2D eigenvalue weighted by molar-refractivity contribution is 7.89. The molecule has 2 amide bonds. The second-order valence-corrected chi connectivity index (χ2v) is 9.66. The molecule has 1 atom stereocenters. The van der Waals surface area contributed by atoms with E-state index in [9.17, 15) is 22.4 Å². The van der Waals surface area contributed by atoms with Crippen LogP contribution in [0.2, 0.25) is 0 Å². The average Bonchev–Trinajstić information content (AvgIpc) is 3.25. The largest absolute Gasteiger partial charge is 0.325 e. The van der Waals surface area contributed by atoms with Gasteiger partial charge in [0.15, 0.2) is 0 Å². The predicted octanol–water partition coefficient (Wildman–Crippen LogP) is 3.48. The van der Waals surface area contributed by atoms with Crippen molar-refractivity contribution in [2.24, 2.45) is 0 Å². The molecule has 1 aliphatic heterocycles. The second-order valence-electron chi connectivity index (χ2n) is 7.98. The summed E-state index contributed by atoms with van der Waals surface area (Å²) in [4.78, 5) is 26.4. The molecule has 0 aromatic heterocycles. The van der Waals surface area contributed by atoms with E-state index in [-0.39, 0.29) is 12.3 Å². The molecule has 0 spiro atoms. The van der Waals surface area contributed by atoms with Gasteiger partial charge in [-0.2, -0.15) is 4.72 Å². The first-order valence-electron chi connectivity index (χ1n) is 10.9. The molecule has 0 bridgehead atoms. The summed E-state index contributed by atoms with van der Waals surface area (Å²) in [6, 6.07) is 19.5. The van der Waals surface area contributed by atoms with Crippen LogP contribution < -0.4 is 14.9 Å². The van der Waals surface area contributed by atoms with Gasteiger partial charge in [0.2, 0.25) is 21.8 Å². The van der Waals surface area contributed by atoms with E-state index in [1.165, 1.54) is 12.1 Å². The number of halogens is 1. The normalized spacial score (nSPS) is 14.7. The van der Waals surface area contributed by atoms with Crippen molar-refractivity contribution in [3.05, 3.63) is 90.2 Å². The molecule has 176 valence electrons. The lowest BCUT2D eigenvalue weighted by atomic mass is 10.1. The van der Waals surface area contributed by atoms with Crippen LogP contribution in [0, 0.1) is 5.82 Å². The lowest BCUT2D eigenvalue weighted by molar-refractivity contribution is -0.118. The van der Waals surface area contributed by atoms with Gasteiger partial charge in [0.25, 0.3) is 0 Å². The number of hydrogen-bond acceptors (Lipinski definition) is 4. The summed E-state index contributed by atoms with van der Waals surface area (Å²) in [5, 5.41) is 2.73. The highest BCUT2D eigenvalue weighted by Crippen LogP contribution is 2.24. The van der Waals surface area contributed by atoms with Crippen molar-refractivity contribution < 1.29 is 22.4 Å². The number of benzene rings is 3. The highest BCUT2D eigenvalue weighted by atomic mass is 32.2. The first-order valence-corrected chi connectivity index (χ1v) is 12.3. The number of carbonyl (C=O) groups is 2. The third-order valence-corrected chi connectivity index (χ3v) is 7.03. The van der Waals surface area contributed by atoms with Crippen LogP contribution in [0.1, 0.15) is 18.4 Å². The van der Waals surface area contributed by atoms with Gasteiger partial charge in [0.1, 0.15) is 16.8 Å². The Morgan fingerprint density at radius 1 is 1.00 bits per heavy atom. The van der Waals surface area contributed by atoms with Gasteiger partial charge in [-0.25, -0.2) is 12.8 Å². The Morgan fingerprint density at radius 2 is 1.74 bits per heavy atom. The van der Waals surface area contributed by atoms with E-state index >= 15 is 0 Å². The minimum atomic E-state index is -4.31. The van der Waals surface area contributed by atoms with Crippen molar-refractivity contribution in [1.82, 2.24) is 4.72 Å². The summed E-state index contributed by atoms with van der Waals surface area (Å²) in [6.45, 7) is 0.606. The van der Waals surface area contributed by atoms with Crippen molar-refractivity contribution in [3.63, 3.8) is 0 Å². The molecule has 0 saturated carbocycles. The molecule has 0 radical (unpaired) electrons. The Kier molecular flexibility index (Phi) is 7.04. The van der Waals surface area contributed by atoms with Crippen LogP contribution in [0.15, 0.2) is 83.8 Å². The molecule has 3 aromatic rings. The fourth-order valence-corrected chi connectivity index (χ4v) is 5.13. The first-order chi connectivity index (χ1) is 16.3. The smallest absolute Gasteiger partial charge is 0.244 e. The van der Waals surface area contributed by atoms with Gasteiger partial charge in [-0.3, -0.25) is 9.59 Å². The van der Waals surface area contributed by atoms with Gasteiger partial charge >= 0.3 is 0 Å². The van der Waals surface area contributed by atoms with Crippen LogP contribution in [0.5, 0.6) is 0 Å². The summed E-state index contributed by atoms with van der Waals surface area (Å²) in [5.74, 6) is -1.49. The Hall–Kier alpha value is -3.56. The SMILES string of the molecule is O=C(Nc1cccc(N2CCCC2=O)c1)C(Cc1ccccc1)NS(=O)(=O)c1ccccc1F. The van der Waals surface area contributed by atoms with Gasteiger partial charge in [0.05, 0.1) is 0 Å². The number of amides is 2. The van der Waals surface area contributed by atoms with E-state index in [0.717, 1.165) is 24.1 Å². The predicted molar refractivity (Wildman–Crippen MR) is 127 cm³/mol. The molecule has 3 aromatic carbocycles. The Bertz CT molecular complexity index is 1300. The fraction of sp³-hybridized carbons (Fsp3) is 0.200. The van der Waals surface area contributed by atoms with Crippen LogP contribution in [-0.4, -0.2) is 32.8 Å². The maximum Gasteiger partial charge on any atom is 0.244 e. The topological polar surface area (TPSA) is 95.6 Å². The van der Waals surface area contributed by atoms with E-state index in [1.807, 2.05) is 6.07 Å². The third kappa shape index (κ3) is 5.49. The monoisotopic (exact) mass is 481 g/mol. The Morgan fingerprint density at radius 3 is 2.44 bits per heavy atom. The fourth-order valence-electron chi connectivity index (χ4n) is 3.85. The van der Waals surface area contributed by atoms with E-state index in [2.05, 4.69) is 10.0 Å². The maximum atomic E-state index is 14.2. The molecule has 1 unspecified atom stereocenters. The molecule has 1 fully saturated rings. The van der Waals surface area contributed by atoms with E-state index in [1.54, 1.807) is 53.4 Å². The highest BCUT2D eigenvalue weighted by Gasteiger charge is 2.28. The Balaban J connectivity index is 1.58. The lowest BCUT2D eigenvalue weighted by Crippen LogP contribution is -2.45. The number of hydrogen-bond donors (Lipinski definition) is 2. The molecular weight excluding hydrogens is 457 g/mol. The van der Waals surface area contributed by atoms with Crippen LogP contribution in [-0.2, 0) is 26.0 Å². The summed E-state index contributed by atoms with van der Waals surface area (Å²) in [6.07, 6.45) is 1.31. The minimum Gasteiger partial charge on any atom is -0.325 e. The molecule has 34 heavy (non-hydrogen) atoms.